The number of hydrogen-bond acceptors (Lipinski definition) is 8. The summed E-state index contributed by atoms with van der Waals surface area (Å²) in [5.41, 5.74) is 5.49. The molecule has 1 amide bonds. The van der Waals surface area contributed by atoms with E-state index in [2.05, 4.69) is 34.1 Å². The van der Waals surface area contributed by atoms with Crippen molar-refractivity contribution in [2.75, 3.05) is 25.1 Å². The number of fused-ring (bicyclic) bond motifs is 1. The minimum Gasteiger partial charge on any atom is -0.484 e. The van der Waals surface area contributed by atoms with Gasteiger partial charge in [-0.1, -0.05) is 31.2 Å². The lowest BCUT2D eigenvalue weighted by molar-refractivity contribution is -0.124. The Hall–Kier alpha value is -4.28. The number of aromatic nitrogens is 4. The molecule has 44 heavy (non-hydrogen) atoms. The number of anilines is 2. The molecule has 1 fully saturated rings. The van der Waals surface area contributed by atoms with Gasteiger partial charge in [0.05, 0.1) is 25.1 Å². The van der Waals surface area contributed by atoms with Crippen molar-refractivity contribution in [1.82, 2.24) is 25.1 Å². The molecule has 10 nitrogen and oxygen atoms in total. The molecule has 6 rings (SSSR count). The second kappa shape index (κ2) is 13.2. The van der Waals surface area contributed by atoms with Crippen LogP contribution in [0.4, 0.5) is 11.5 Å². The Bertz CT molecular complexity index is 1590. The standard InChI is InChI=1S/C34H40N6O4/c1-4-34(2,3)39-30(41)22-44-27-9-7-8-24(18-27)32-37-29-15-17-42-21-28(29)33(38-32)36-26-13-11-23(12-14-26)25-19-35-40(20-25)31-10-5-6-16-43-31/h7-9,11-14,18-20,31H,4-6,10,15-17,21-22H2,1-3H3,(H,39,41)(H,36,37,38). The van der Waals surface area contributed by atoms with Gasteiger partial charge in [0, 0.05) is 47.1 Å². The van der Waals surface area contributed by atoms with Gasteiger partial charge in [0.25, 0.3) is 5.91 Å². The van der Waals surface area contributed by atoms with Crippen LogP contribution in [0, 0.1) is 0 Å². The van der Waals surface area contributed by atoms with Crippen molar-refractivity contribution in [3.05, 3.63) is 72.2 Å². The van der Waals surface area contributed by atoms with Crippen molar-refractivity contribution in [2.24, 2.45) is 0 Å². The first-order valence-electron chi connectivity index (χ1n) is 15.4. The first-order chi connectivity index (χ1) is 21.4. The molecular formula is C34H40N6O4. The lowest BCUT2D eigenvalue weighted by Gasteiger charge is -2.24. The monoisotopic (exact) mass is 596 g/mol. The van der Waals surface area contributed by atoms with Crippen molar-refractivity contribution >= 4 is 17.4 Å². The van der Waals surface area contributed by atoms with Gasteiger partial charge in [-0.2, -0.15) is 5.10 Å². The molecule has 2 aromatic carbocycles. The zero-order valence-electron chi connectivity index (χ0n) is 25.6. The van der Waals surface area contributed by atoms with Gasteiger partial charge in [-0.25, -0.2) is 14.6 Å². The van der Waals surface area contributed by atoms with E-state index in [-0.39, 0.29) is 24.3 Å². The molecule has 0 bridgehead atoms. The van der Waals surface area contributed by atoms with Gasteiger partial charge in [0.2, 0.25) is 0 Å². The van der Waals surface area contributed by atoms with Gasteiger partial charge in [-0.05, 0) is 69.4 Å². The summed E-state index contributed by atoms with van der Waals surface area (Å²) in [5, 5.41) is 11.1. The maximum absolute atomic E-state index is 12.4. The van der Waals surface area contributed by atoms with Crippen molar-refractivity contribution in [3.63, 3.8) is 0 Å². The second-order valence-electron chi connectivity index (χ2n) is 12.0. The van der Waals surface area contributed by atoms with Crippen LogP contribution in [0.5, 0.6) is 5.75 Å². The van der Waals surface area contributed by atoms with Crippen LogP contribution in [0.3, 0.4) is 0 Å². The average molecular weight is 597 g/mol. The second-order valence-corrected chi connectivity index (χ2v) is 12.0. The molecule has 1 saturated heterocycles. The molecule has 230 valence electrons. The number of rotatable bonds is 10. The topological polar surface area (TPSA) is 112 Å². The third-order valence-electron chi connectivity index (χ3n) is 8.18. The number of amides is 1. The maximum Gasteiger partial charge on any atom is 0.258 e. The predicted octanol–water partition coefficient (Wildman–Crippen LogP) is 6.21. The molecule has 4 aromatic rings. The highest BCUT2D eigenvalue weighted by molar-refractivity contribution is 5.78. The molecule has 2 N–H and O–H groups in total. The van der Waals surface area contributed by atoms with Gasteiger partial charge in [-0.3, -0.25) is 4.79 Å². The van der Waals surface area contributed by atoms with Gasteiger partial charge in [0.15, 0.2) is 12.4 Å². The summed E-state index contributed by atoms with van der Waals surface area (Å²) in [5.74, 6) is 1.73. The van der Waals surface area contributed by atoms with Crippen LogP contribution in [-0.4, -0.2) is 51.0 Å². The minimum atomic E-state index is -0.278. The maximum atomic E-state index is 12.4. The highest BCUT2D eigenvalue weighted by Crippen LogP contribution is 2.31. The van der Waals surface area contributed by atoms with Crippen molar-refractivity contribution in [3.8, 4) is 28.3 Å². The third kappa shape index (κ3) is 7.09. The zero-order chi connectivity index (χ0) is 30.5. The van der Waals surface area contributed by atoms with Crippen molar-refractivity contribution < 1.29 is 19.0 Å². The molecule has 2 aliphatic heterocycles. The number of carbonyl (C=O) groups excluding carboxylic acids is 1. The Kier molecular flexibility index (Phi) is 8.90. The summed E-state index contributed by atoms with van der Waals surface area (Å²) in [7, 11) is 0. The van der Waals surface area contributed by atoms with E-state index >= 15 is 0 Å². The van der Waals surface area contributed by atoms with Gasteiger partial charge in [-0.15, -0.1) is 0 Å². The Morgan fingerprint density at radius 3 is 2.73 bits per heavy atom. The molecule has 0 aliphatic carbocycles. The van der Waals surface area contributed by atoms with E-state index in [1.807, 2.05) is 68.0 Å². The summed E-state index contributed by atoms with van der Waals surface area (Å²) < 4.78 is 19.4. The first kappa shape index (κ1) is 29.8. The van der Waals surface area contributed by atoms with Crippen LogP contribution in [0.2, 0.25) is 0 Å². The highest BCUT2D eigenvalue weighted by atomic mass is 16.5. The van der Waals surface area contributed by atoms with E-state index in [0.717, 1.165) is 65.9 Å². The fourth-order valence-electron chi connectivity index (χ4n) is 5.30. The zero-order valence-corrected chi connectivity index (χ0v) is 25.6. The minimum absolute atomic E-state index is 0.0174. The van der Waals surface area contributed by atoms with E-state index < -0.39 is 0 Å². The summed E-state index contributed by atoms with van der Waals surface area (Å²) in [6.45, 7) is 7.81. The molecule has 1 atom stereocenters. The molecule has 4 heterocycles. The van der Waals surface area contributed by atoms with E-state index in [1.54, 1.807) is 0 Å². The number of carbonyl (C=O) groups is 1. The van der Waals surface area contributed by atoms with Gasteiger partial charge >= 0.3 is 0 Å². The number of nitrogens with zero attached hydrogens (tertiary/aromatic N) is 4. The van der Waals surface area contributed by atoms with Crippen LogP contribution in [0.25, 0.3) is 22.5 Å². The molecule has 0 spiro atoms. The molecule has 0 radical (unpaired) electrons. The molecule has 2 aromatic heterocycles. The molecular weight excluding hydrogens is 556 g/mol. The third-order valence-corrected chi connectivity index (χ3v) is 8.18. The van der Waals surface area contributed by atoms with Crippen LogP contribution in [0.15, 0.2) is 60.9 Å². The van der Waals surface area contributed by atoms with Crippen molar-refractivity contribution in [2.45, 2.75) is 71.2 Å². The summed E-state index contributed by atoms with van der Waals surface area (Å²) >= 11 is 0. The van der Waals surface area contributed by atoms with E-state index in [4.69, 9.17) is 24.2 Å². The van der Waals surface area contributed by atoms with Crippen LogP contribution in [-0.2, 0) is 27.3 Å². The number of benzene rings is 2. The Morgan fingerprint density at radius 1 is 1.07 bits per heavy atom. The fourth-order valence-corrected chi connectivity index (χ4v) is 5.30. The molecule has 1 unspecified atom stereocenters. The van der Waals surface area contributed by atoms with E-state index in [9.17, 15) is 4.79 Å². The summed E-state index contributed by atoms with van der Waals surface area (Å²) in [6, 6.07) is 15.8. The van der Waals surface area contributed by atoms with Crippen LogP contribution < -0.4 is 15.4 Å². The lowest BCUT2D eigenvalue weighted by Crippen LogP contribution is -2.44. The number of ether oxygens (including phenoxy) is 3. The average Bonchev–Trinajstić information content (AvgIpc) is 3.55. The number of nitrogens with one attached hydrogen (secondary N) is 2. The smallest absolute Gasteiger partial charge is 0.258 e. The Labute approximate surface area is 258 Å². The van der Waals surface area contributed by atoms with E-state index in [1.165, 1.54) is 0 Å². The molecule has 10 heteroatoms. The summed E-state index contributed by atoms with van der Waals surface area (Å²) in [4.78, 5) is 22.2. The Morgan fingerprint density at radius 2 is 1.93 bits per heavy atom. The quantitative estimate of drug-likeness (QED) is 0.222. The molecule has 2 aliphatic rings. The SMILES string of the molecule is CCC(C)(C)NC(=O)COc1cccc(-c2nc3c(c(Nc4ccc(-c5cnn(C6CCCCO6)c5)cc4)n2)COCC3)c1. The van der Waals surface area contributed by atoms with E-state index in [0.29, 0.717) is 37.0 Å². The summed E-state index contributed by atoms with van der Waals surface area (Å²) in [6.07, 6.45) is 8.76. The van der Waals surface area contributed by atoms with Crippen molar-refractivity contribution in [1.29, 1.82) is 0 Å². The predicted molar refractivity (Wildman–Crippen MR) is 169 cm³/mol. The number of hydrogen-bond donors (Lipinski definition) is 2. The lowest BCUT2D eigenvalue weighted by atomic mass is 10.0. The largest absolute Gasteiger partial charge is 0.484 e. The van der Waals surface area contributed by atoms with Crippen LogP contribution in [0.1, 0.15) is 63.9 Å². The fraction of sp³-hybridized carbons (Fsp3) is 0.412. The normalized spacial score (nSPS) is 16.7. The first-order valence-corrected chi connectivity index (χ1v) is 15.4. The highest BCUT2D eigenvalue weighted by Gasteiger charge is 2.21. The Balaban J connectivity index is 1.18. The van der Waals surface area contributed by atoms with Crippen LogP contribution >= 0.6 is 0 Å². The van der Waals surface area contributed by atoms with Gasteiger partial charge in [0.1, 0.15) is 17.8 Å². The van der Waals surface area contributed by atoms with Gasteiger partial charge < -0.3 is 24.8 Å². The molecule has 0 saturated carbocycles.